The maximum absolute atomic E-state index is 12.3. The first kappa shape index (κ1) is 19.6. The van der Waals surface area contributed by atoms with Gasteiger partial charge in [-0.1, -0.05) is 28.1 Å². The molecule has 0 bridgehead atoms. The minimum atomic E-state index is -0.392. The molecule has 1 heterocycles. The average Bonchev–Trinajstić information content (AvgIpc) is 3.16. The molecule has 0 atom stereocenters. The zero-order valence-electron chi connectivity index (χ0n) is 15.4. The monoisotopic (exact) mass is 442 g/mol. The molecule has 1 amide bonds. The number of aromatic nitrogens is 2. The fourth-order valence-electron chi connectivity index (χ4n) is 2.54. The third-order valence-electron chi connectivity index (χ3n) is 3.92. The Morgan fingerprint density at radius 1 is 1.21 bits per heavy atom. The van der Waals surface area contributed by atoms with E-state index in [1.807, 2.05) is 24.3 Å². The lowest BCUT2D eigenvalue weighted by molar-refractivity contribution is 0.0949. The quantitative estimate of drug-likeness (QED) is 0.448. The van der Waals surface area contributed by atoms with E-state index in [1.165, 1.54) is 6.21 Å². The van der Waals surface area contributed by atoms with Crippen molar-refractivity contribution in [2.45, 2.75) is 6.54 Å². The second-order valence-electron chi connectivity index (χ2n) is 5.84. The van der Waals surface area contributed by atoms with Crippen LogP contribution in [0.25, 0.3) is 0 Å². The van der Waals surface area contributed by atoms with Crippen LogP contribution in [0.15, 0.2) is 64.3 Å². The van der Waals surface area contributed by atoms with Crippen LogP contribution in [0.2, 0.25) is 0 Å². The second kappa shape index (κ2) is 9.18. The number of carbonyl (C=O) groups excluding carboxylic acids is 1. The summed E-state index contributed by atoms with van der Waals surface area (Å²) in [7, 11) is 3.14. The molecule has 28 heavy (non-hydrogen) atoms. The van der Waals surface area contributed by atoms with Gasteiger partial charge in [-0.2, -0.15) is 10.2 Å². The minimum Gasteiger partial charge on any atom is -0.497 e. The van der Waals surface area contributed by atoms with Crippen molar-refractivity contribution in [1.82, 2.24) is 15.2 Å². The number of hydrogen-bond donors (Lipinski definition) is 1. The molecule has 0 aliphatic heterocycles. The number of ether oxygens (including phenoxy) is 2. The molecule has 1 aromatic heterocycles. The Morgan fingerprint density at radius 2 is 2.07 bits per heavy atom. The lowest BCUT2D eigenvalue weighted by atomic mass is 10.2. The number of nitrogens with one attached hydrogen (secondary N) is 1. The highest BCUT2D eigenvalue weighted by atomic mass is 79.9. The van der Waals surface area contributed by atoms with Crippen LogP contribution in [0.4, 0.5) is 0 Å². The second-order valence-corrected chi connectivity index (χ2v) is 6.75. The van der Waals surface area contributed by atoms with Gasteiger partial charge in [-0.05, 0) is 35.9 Å². The van der Waals surface area contributed by atoms with Crippen molar-refractivity contribution in [3.05, 3.63) is 76.0 Å². The molecule has 0 saturated carbocycles. The van der Waals surface area contributed by atoms with Crippen LogP contribution >= 0.6 is 15.9 Å². The van der Waals surface area contributed by atoms with E-state index in [0.29, 0.717) is 23.6 Å². The van der Waals surface area contributed by atoms with Crippen molar-refractivity contribution in [1.29, 1.82) is 0 Å². The zero-order chi connectivity index (χ0) is 19.9. The normalized spacial score (nSPS) is 10.8. The molecule has 144 valence electrons. The molecule has 0 radical (unpaired) electrons. The number of halogens is 1. The van der Waals surface area contributed by atoms with Crippen molar-refractivity contribution in [2.24, 2.45) is 5.10 Å². The van der Waals surface area contributed by atoms with Crippen molar-refractivity contribution in [2.75, 3.05) is 14.2 Å². The van der Waals surface area contributed by atoms with E-state index in [2.05, 4.69) is 31.6 Å². The molecule has 8 heteroatoms. The van der Waals surface area contributed by atoms with Crippen molar-refractivity contribution in [3.63, 3.8) is 0 Å². The zero-order valence-corrected chi connectivity index (χ0v) is 17.0. The van der Waals surface area contributed by atoms with Gasteiger partial charge < -0.3 is 9.47 Å². The molecular formula is C20H19BrN4O3. The number of rotatable bonds is 7. The van der Waals surface area contributed by atoms with Crippen LogP contribution in [-0.4, -0.2) is 36.1 Å². The Morgan fingerprint density at radius 3 is 2.82 bits per heavy atom. The highest BCUT2D eigenvalue weighted by Crippen LogP contribution is 2.23. The standard InChI is InChI=1S/C20H19BrN4O3/c1-27-17-7-6-15(19(11-17)28-2)12-22-23-20(26)18-8-9-25(24-18)13-14-4-3-5-16(21)10-14/h3-12H,13H2,1-2H3,(H,23,26)/b22-12-. The Hall–Kier alpha value is -3.13. The number of amides is 1. The maximum atomic E-state index is 12.3. The number of benzene rings is 2. The molecule has 7 nitrogen and oxygen atoms in total. The van der Waals surface area contributed by atoms with E-state index in [1.54, 1.807) is 49.4 Å². The first-order valence-electron chi connectivity index (χ1n) is 8.42. The Labute approximate surface area is 171 Å². The molecular weight excluding hydrogens is 424 g/mol. The maximum Gasteiger partial charge on any atom is 0.291 e. The number of carbonyl (C=O) groups is 1. The molecule has 1 N–H and O–H groups in total. The molecule has 0 aliphatic rings. The van der Waals surface area contributed by atoms with Crippen molar-refractivity contribution in [3.8, 4) is 11.5 Å². The molecule has 0 saturated heterocycles. The first-order chi connectivity index (χ1) is 13.6. The fourth-order valence-corrected chi connectivity index (χ4v) is 2.98. The van der Waals surface area contributed by atoms with Crippen LogP contribution in [0.1, 0.15) is 21.6 Å². The van der Waals surface area contributed by atoms with Crippen LogP contribution < -0.4 is 14.9 Å². The summed E-state index contributed by atoms with van der Waals surface area (Å²) >= 11 is 3.44. The summed E-state index contributed by atoms with van der Waals surface area (Å²) in [4.78, 5) is 12.3. The summed E-state index contributed by atoms with van der Waals surface area (Å²) in [5, 5.41) is 8.28. The summed E-state index contributed by atoms with van der Waals surface area (Å²) in [6.45, 7) is 0.568. The van der Waals surface area contributed by atoms with Gasteiger partial charge in [-0.25, -0.2) is 5.43 Å². The van der Waals surface area contributed by atoms with Gasteiger partial charge in [0, 0.05) is 22.3 Å². The lowest BCUT2D eigenvalue weighted by Crippen LogP contribution is -2.18. The summed E-state index contributed by atoms with van der Waals surface area (Å²) < 4.78 is 13.2. The van der Waals surface area contributed by atoms with Crippen LogP contribution in [-0.2, 0) is 6.54 Å². The van der Waals surface area contributed by atoms with Gasteiger partial charge in [0.1, 0.15) is 11.5 Å². The van der Waals surface area contributed by atoms with E-state index in [4.69, 9.17) is 9.47 Å². The van der Waals surface area contributed by atoms with E-state index in [0.717, 1.165) is 10.0 Å². The van der Waals surface area contributed by atoms with Gasteiger partial charge in [-0.15, -0.1) is 0 Å². The molecule has 0 fully saturated rings. The number of hydrogen-bond acceptors (Lipinski definition) is 5. The largest absolute Gasteiger partial charge is 0.497 e. The molecule has 3 aromatic rings. The summed E-state index contributed by atoms with van der Waals surface area (Å²) in [5.41, 5.74) is 4.55. The van der Waals surface area contributed by atoms with Crippen LogP contribution in [0, 0.1) is 0 Å². The minimum absolute atomic E-state index is 0.286. The van der Waals surface area contributed by atoms with E-state index < -0.39 is 5.91 Å². The van der Waals surface area contributed by atoms with E-state index >= 15 is 0 Å². The van der Waals surface area contributed by atoms with Gasteiger partial charge in [0.05, 0.1) is 27.0 Å². The van der Waals surface area contributed by atoms with Crippen molar-refractivity contribution >= 4 is 28.1 Å². The van der Waals surface area contributed by atoms with Gasteiger partial charge >= 0.3 is 0 Å². The highest BCUT2D eigenvalue weighted by molar-refractivity contribution is 9.10. The molecule has 2 aromatic carbocycles. The number of methoxy groups -OCH3 is 2. The van der Waals surface area contributed by atoms with Crippen LogP contribution in [0.3, 0.4) is 0 Å². The Bertz CT molecular complexity index is 1000. The molecule has 0 spiro atoms. The highest BCUT2D eigenvalue weighted by Gasteiger charge is 2.09. The average molecular weight is 443 g/mol. The Balaban J connectivity index is 1.62. The SMILES string of the molecule is COc1ccc(/C=N\NC(=O)c2ccn(Cc3cccc(Br)c3)n2)c(OC)c1. The molecule has 3 rings (SSSR count). The fraction of sp³-hybridized carbons (Fsp3) is 0.150. The number of hydrazone groups is 1. The third-order valence-corrected chi connectivity index (χ3v) is 4.41. The smallest absolute Gasteiger partial charge is 0.291 e. The van der Waals surface area contributed by atoms with Gasteiger partial charge in [0.15, 0.2) is 5.69 Å². The summed E-state index contributed by atoms with van der Waals surface area (Å²) in [6, 6.07) is 14.9. The van der Waals surface area contributed by atoms with E-state index in [9.17, 15) is 4.79 Å². The predicted octanol–water partition coefficient (Wildman–Crippen LogP) is 3.48. The van der Waals surface area contributed by atoms with E-state index in [-0.39, 0.29) is 5.69 Å². The predicted molar refractivity (Wildman–Crippen MR) is 110 cm³/mol. The van der Waals surface area contributed by atoms with Crippen molar-refractivity contribution < 1.29 is 14.3 Å². The molecule has 0 unspecified atom stereocenters. The Kier molecular flexibility index (Phi) is 6.44. The summed E-state index contributed by atoms with van der Waals surface area (Å²) in [6.07, 6.45) is 3.26. The summed E-state index contributed by atoms with van der Waals surface area (Å²) in [5.74, 6) is 0.876. The van der Waals surface area contributed by atoms with Crippen LogP contribution in [0.5, 0.6) is 11.5 Å². The molecule has 0 aliphatic carbocycles. The van der Waals surface area contributed by atoms with Gasteiger partial charge in [-0.3, -0.25) is 9.48 Å². The number of nitrogens with zero attached hydrogens (tertiary/aromatic N) is 3. The van der Waals surface area contributed by atoms with Gasteiger partial charge in [0.25, 0.3) is 5.91 Å². The van der Waals surface area contributed by atoms with Gasteiger partial charge in [0.2, 0.25) is 0 Å². The topological polar surface area (TPSA) is 77.7 Å². The lowest BCUT2D eigenvalue weighted by Gasteiger charge is -2.06. The third kappa shape index (κ3) is 4.98. The first-order valence-corrected chi connectivity index (χ1v) is 9.21.